The Morgan fingerprint density at radius 3 is 2.58 bits per heavy atom. The van der Waals surface area contributed by atoms with Crippen LogP contribution in [-0.4, -0.2) is 46.8 Å². The predicted octanol–water partition coefficient (Wildman–Crippen LogP) is 3.63. The van der Waals surface area contributed by atoms with Crippen LogP contribution in [0.4, 0.5) is 9.18 Å². The van der Waals surface area contributed by atoms with Crippen LogP contribution in [0.15, 0.2) is 22.7 Å². The number of carboxylic acid groups (broad SMARTS) is 1. The number of carbonyl (C=O) groups excluding carboxylic acids is 1. The summed E-state index contributed by atoms with van der Waals surface area (Å²) in [5, 5.41) is 12.4. The van der Waals surface area contributed by atoms with Gasteiger partial charge in [0.15, 0.2) is 0 Å². The summed E-state index contributed by atoms with van der Waals surface area (Å²) in [5.74, 6) is -1.00. The fourth-order valence-corrected chi connectivity index (χ4v) is 3.60. The van der Waals surface area contributed by atoms with E-state index in [1.165, 1.54) is 12.1 Å². The normalized spacial score (nSPS) is 24.0. The highest BCUT2D eigenvalue weighted by Gasteiger charge is 2.52. The molecule has 2 atom stereocenters. The minimum atomic E-state index is -0.838. The van der Waals surface area contributed by atoms with E-state index in [1.54, 1.807) is 6.07 Å². The highest BCUT2D eigenvalue weighted by Crippen LogP contribution is 2.34. The molecule has 2 amide bonds. The molecular formula is C17H23BrFN2O3+. The maximum atomic E-state index is 13.8. The monoisotopic (exact) mass is 401 g/mol. The van der Waals surface area contributed by atoms with E-state index < -0.39 is 23.4 Å². The van der Waals surface area contributed by atoms with Crippen LogP contribution in [0.1, 0.15) is 37.6 Å². The van der Waals surface area contributed by atoms with Gasteiger partial charge < -0.3 is 10.4 Å². The highest BCUT2D eigenvalue weighted by molar-refractivity contribution is 9.10. The van der Waals surface area contributed by atoms with Gasteiger partial charge in [-0.15, -0.1) is 0 Å². The van der Waals surface area contributed by atoms with Gasteiger partial charge in [0.2, 0.25) is 0 Å². The number of rotatable bonds is 3. The van der Waals surface area contributed by atoms with E-state index in [0.717, 1.165) is 0 Å². The molecule has 0 bridgehead atoms. The zero-order valence-electron chi connectivity index (χ0n) is 14.1. The molecule has 1 heterocycles. The number of hydrogen-bond acceptors (Lipinski definition) is 2. The van der Waals surface area contributed by atoms with Gasteiger partial charge in [-0.25, -0.2) is 8.87 Å². The second kappa shape index (κ2) is 6.80. The van der Waals surface area contributed by atoms with E-state index in [9.17, 15) is 19.1 Å². The van der Waals surface area contributed by atoms with Gasteiger partial charge >= 0.3 is 6.09 Å². The third-order valence-corrected chi connectivity index (χ3v) is 5.36. The Morgan fingerprint density at radius 2 is 2.08 bits per heavy atom. The van der Waals surface area contributed by atoms with Crippen LogP contribution in [0.25, 0.3) is 0 Å². The predicted molar refractivity (Wildman–Crippen MR) is 92.3 cm³/mol. The molecule has 1 aliphatic rings. The number of carbonyl (C=O) groups is 2. The minimum Gasteiger partial charge on any atom is -0.435 e. The maximum absolute atomic E-state index is 13.8. The van der Waals surface area contributed by atoms with Crippen molar-refractivity contribution in [1.29, 1.82) is 0 Å². The lowest BCUT2D eigenvalue weighted by Gasteiger charge is -2.40. The molecule has 1 fully saturated rings. The average molecular weight is 402 g/mol. The minimum absolute atomic E-state index is 0.00833. The lowest BCUT2D eigenvalue weighted by molar-refractivity contribution is -0.893. The van der Waals surface area contributed by atoms with Crippen molar-refractivity contribution >= 4 is 27.9 Å². The van der Waals surface area contributed by atoms with E-state index in [4.69, 9.17) is 0 Å². The van der Waals surface area contributed by atoms with Crippen LogP contribution in [0.3, 0.4) is 0 Å². The van der Waals surface area contributed by atoms with Gasteiger partial charge in [0.05, 0.1) is 18.7 Å². The maximum Gasteiger partial charge on any atom is 0.513 e. The topological polar surface area (TPSA) is 66.4 Å². The Balaban J connectivity index is 2.01. The van der Waals surface area contributed by atoms with E-state index in [1.807, 2.05) is 20.8 Å². The molecule has 0 saturated carbocycles. The molecule has 1 saturated heterocycles. The van der Waals surface area contributed by atoms with Crippen LogP contribution in [0, 0.1) is 11.7 Å². The number of amides is 2. The molecular weight excluding hydrogens is 379 g/mol. The summed E-state index contributed by atoms with van der Waals surface area (Å²) in [6.07, 6.45) is -0.123. The lowest BCUT2D eigenvalue weighted by atomic mass is 10.0. The molecule has 1 aromatic carbocycles. The van der Waals surface area contributed by atoms with Gasteiger partial charge in [0.25, 0.3) is 5.91 Å². The number of halogens is 2. The quantitative estimate of drug-likeness (QED) is 0.759. The third kappa shape index (κ3) is 3.62. The summed E-state index contributed by atoms with van der Waals surface area (Å²) < 4.78 is 14.4. The molecule has 5 nitrogen and oxygen atoms in total. The molecule has 0 aliphatic carbocycles. The molecule has 1 unspecified atom stereocenters. The molecule has 132 valence electrons. The molecule has 1 aromatic rings. The van der Waals surface area contributed by atoms with Gasteiger partial charge in [-0.2, -0.15) is 4.79 Å². The van der Waals surface area contributed by atoms with Gasteiger partial charge in [-0.3, -0.25) is 4.79 Å². The first-order chi connectivity index (χ1) is 11.1. The lowest BCUT2D eigenvalue weighted by Crippen LogP contribution is -2.62. The van der Waals surface area contributed by atoms with Crippen molar-refractivity contribution < 1.29 is 23.6 Å². The smallest absolute Gasteiger partial charge is 0.435 e. The van der Waals surface area contributed by atoms with E-state index in [0.29, 0.717) is 30.5 Å². The fourth-order valence-electron chi connectivity index (χ4n) is 3.27. The molecule has 24 heavy (non-hydrogen) atoms. The molecule has 0 spiro atoms. The zero-order chi connectivity index (χ0) is 18.1. The second-order valence-electron chi connectivity index (χ2n) is 7.32. The summed E-state index contributed by atoms with van der Waals surface area (Å²) in [7, 11) is 0. The van der Waals surface area contributed by atoms with Crippen molar-refractivity contribution in [3.8, 4) is 0 Å². The Kier molecular flexibility index (Phi) is 5.34. The Labute approximate surface area is 149 Å². The van der Waals surface area contributed by atoms with Crippen LogP contribution in [0.5, 0.6) is 0 Å². The number of quaternary nitrogens is 1. The standard InChI is InChI=1S/C17H22BrFN2O3/c1-17(2,3)21(16(23)24)7-6-11(10-21)9-20-15(22)13-5-4-12(18)8-14(13)19/h4-5,8,11H,6-7,9-10H2,1-3H3,(H-,20,22,23,24)/p+1/t11-,21?/m0/s1. The third-order valence-electron chi connectivity index (χ3n) is 4.87. The number of hydrogen-bond donors (Lipinski definition) is 2. The number of likely N-dealkylation sites (tertiary alicyclic amines) is 1. The summed E-state index contributed by atoms with van der Waals surface area (Å²) in [6, 6.07) is 4.28. The van der Waals surface area contributed by atoms with E-state index in [2.05, 4.69) is 21.2 Å². The first-order valence-electron chi connectivity index (χ1n) is 7.91. The summed E-state index contributed by atoms with van der Waals surface area (Å²) >= 11 is 3.15. The Hall–Kier alpha value is -1.47. The largest absolute Gasteiger partial charge is 0.513 e. The van der Waals surface area contributed by atoms with Gasteiger partial charge in [-0.05, 0) is 39.0 Å². The molecule has 2 rings (SSSR count). The highest BCUT2D eigenvalue weighted by atomic mass is 79.9. The molecule has 1 aliphatic heterocycles. The van der Waals surface area contributed by atoms with E-state index >= 15 is 0 Å². The number of nitrogens with one attached hydrogen (secondary N) is 1. The fraction of sp³-hybridized carbons (Fsp3) is 0.529. The number of benzene rings is 1. The molecule has 2 N–H and O–H groups in total. The summed E-state index contributed by atoms with van der Waals surface area (Å²) in [5.41, 5.74) is -0.423. The van der Waals surface area contributed by atoms with Crippen molar-refractivity contribution in [3.63, 3.8) is 0 Å². The van der Waals surface area contributed by atoms with Crippen molar-refractivity contribution in [1.82, 2.24) is 5.32 Å². The molecule has 7 heteroatoms. The van der Waals surface area contributed by atoms with Gasteiger partial charge in [0.1, 0.15) is 11.4 Å². The first-order valence-corrected chi connectivity index (χ1v) is 8.70. The van der Waals surface area contributed by atoms with Crippen molar-refractivity contribution in [2.45, 2.75) is 32.7 Å². The van der Waals surface area contributed by atoms with Crippen LogP contribution in [-0.2, 0) is 0 Å². The van der Waals surface area contributed by atoms with Crippen molar-refractivity contribution in [3.05, 3.63) is 34.1 Å². The molecule has 0 aromatic heterocycles. The van der Waals surface area contributed by atoms with Gasteiger partial charge in [0, 0.05) is 23.4 Å². The summed E-state index contributed by atoms with van der Waals surface area (Å²) in [4.78, 5) is 23.9. The Morgan fingerprint density at radius 1 is 1.42 bits per heavy atom. The van der Waals surface area contributed by atoms with Crippen LogP contribution >= 0.6 is 15.9 Å². The summed E-state index contributed by atoms with van der Waals surface area (Å²) in [6.45, 7) is 7.09. The van der Waals surface area contributed by atoms with Crippen molar-refractivity contribution in [2.75, 3.05) is 19.6 Å². The zero-order valence-corrected chi connectivity index (χ0v) is 15.7. The average Bonchev–Trinajstić information content (AvgIpc) is 2.90. The SMILES string of the molecule is CC(C)(C)[N+]1(C(=O)O)CC[C@@H](CNC(=O)c2ccc(Br)cc2F)C1. The number of nitrogens with zero attached hydrogens (tertiary/aromatic N) is 1. The van der Waals surface area contributed by atoms with Crippen molar-refractivity contribution in [2.24, 2.45) is 5.92 Å². The Bertz CT molecular complexity index is 660. The van der Waals surface area contributed by atoms with Crippen LogP contribution in [0.2, 0.25) is 0 Å². The second-order valence-corrected chi connectivity index (χ2v) is 8.23. The first kappa shape index (κ1) is 18.9. The van der Waals surface area contributed by atoms with E-state index in [-0.39, 0.29) is 16.0 Å². The van der Waals surface area contributed by atoms with Gasteiger partial charge in [-0.1, -0.05) is 15.9 Å². The van der Waals surface area contributed by atoms with Crippen LogP contribution < -0.4 is 5.32 Å². The molecule has 0 radical (unpaired) electrons.